The lowest BCUT2D eigenvalue weighted by atomic mass is 10.00. The van der Waals surface area contributed by atoms with Gasteiger partial charge in [-0.15, -0.1) is 0 Å². The minimum Gasteiger partial charge on any atom is -0.354 e. The topological polar surface area (TPSA) is 57.4 Å². The van der Waals surface area contributed by atoms with Gasteiger partial charge in [0.25, 0.3) is 0 Å². The van der Waals surface area contributed by atoms with Gasteiger partial charge in [-0.05, 0) is 76.7 Å². The second kappa shape index (κ2) is 13.1. The fourth-order valence-electron chi connectivity index (χ4n) is 7.45. The molecule has 5 heterocycles. The summed E-state index contributed by atoms with van der Waals surface area (Å²) in [7, 11) is 0. The standard InChI is InChI=1S/C47H36N4/c1-2-15-35-30-42-45(33-20-11-5-12-21-33)40-27-26-38(49-40)43(31-16-7-3-8-17-31)36-24-25-37(48-36)44(32-18-9-4-10-19-32)39-28-29-41(50-39)46(47(35)51-42)34-22-13-6-14-23-34/h3-14,16-30,48,51H,2,15H2,1H3. The maximum absolute atomic E-state index is 5.45. The first-order chi connectivity index (χ1) is 25.2. The molecule has 51 heavy (non-hydrogen) atoms. The molecule has 4 nitrogen and oxygen atoms in total. The third-order valence-electron chi connectivity index (χ3n) is 9.72. The van der Waals surface area contributed by atoms with E-state index in [4.69, 9.17) is 9.97 Å². The summed E-state index contributed by atoms with van der Waals surface area (Å²) in [5.41, 5.74) is 17.8. The van der Waals surface area contributed by atoms with Crippen LogP contribution in [0.4, 0.5) is 0 Å². The first-order valence-electron chi connectivity index (χ1n) is 17.7. The predicted octanol–water partition coefficient (Wildman–Crippen LogP) is 12.3. The number of hydrogen-bond acceptors (Lipinski definition) is 2. The van der Waals surface area contributed by atoms with Gasteiger partial charge >= 0.3 is 0 Å². The SMILES string of the molecule is CCCc1cc2[nH]c1c(-c1ccccc1)c1nc(c(-c3ccccc3)c3ccc([nH]3)c(-c3ccccc3)c3nc(c2-c2ccccc2)C=C3)C=C1. The minimum atomic E-state index is 0.914. The number of aryl methyl sites for hydroxylation is 1. The maximum Gasteiger partial charge on any atom is 0.0737 e. The first-order valence-corrected chi connectivity index (χ1v) is 17.7. The van der Waals surface area contributed by atoms with Crippen LogP contribution in [0, 0.1) is 0 Å². The zero-order valence-electron chi connectivity index (χ0n) is 28.4. The average molecular weight is 657 g/mol. The van der Waals surface area contributed by atoms with E-state index in [1.807, 2.05) is 0 Å². The Labute approximate surface area is 297 Å². The normalized spacial score (nSPS) is 12.0. The molecular formula is C47H36N4. The molecule has 0 saturated carbocycles. The van der Waals surface area contributed by atoms with Crippen LogP contribution < -0.4 is 0 Å². The van der Waals surface area contributed by atoms with Crippen molar-refractivity contribution in [2.45, 2.75) is 19.8 Å². The molecule has 244 valence electrons. The van der Waals surface area contributed by atoms with Crippen LogP contribution in [0.3, 0.4) is 0 Å². The summed E-state index contributed by atoms with van der Waals surface area (Å²) >= 11 is 0. The fourth-order valence-corrected chi connectivity index (χ4v) is 7.45. The van der Waals surface area contributed by atoms with Crippen LogP contribution in [-0.4, -0.2) is 19.9 Å². The Kier molecular flexibility index (Phi) is 7.82. The lowest BCUT2D eigenvalue weighted by Crippen LogP contribution is -1.90. The van der Waals surface area contributed by atoms with Gasteiger partial charge in [-0.2, -0.15) is 0 Å². The van der Waals surface area contributed by atoms with Gasteiger partial charge in [-0.3, -0.25) is 0 Å². The summed E-state index contributed by atoms with van der Waals surface area (Å²) in [5.74, 6) is 0. The second-order valence-corrected chi connectivity index (χ2v) is 13.0. The molecule has 0 aliphatic carbocycles. The number of benzene rings is 4. The van der Waals surface area contributed by atoms with E-state index in [0.717, 1.165) is 102 Å². The highest BCUT2D eigenvalue weighted by Gasteiger charge is 2.20. The van der Waals surface area contributed by atoms with Crippen molar-refractivity contribution in [1.82, 2.24) is 19.9 Å². The molecule has 0 unspecified atom stereocenters. The fraction of sp³-hybridized carbons (Fsp3) is 0.0638. The molecule has 0 atom stereocenters. The van der Waals surface area contributed by atoms with E-state index in [0.29, 0.717) is 0 Å². The number of H-pyrrole nitrogens is 2. The molecule has 0 fully saturated rings. The largest absolute Gasteiger partial charge is 0.354 e. The van der Waals surface area contributed by atoms with Crippen molar-refractivity contribution in [3.63, 3.8) is 0 Å². The summed E-state index contributed by atoms with van der Waals surface area (Å²) < 4.78 is 0. The van der Waals surface area contributed by atoms with Crippen LogP contribution in [0.5, 0.6) is 0 Å². The third kappa shape index (κ3) is 5.61. The summed E-state index contributed by atoms with van der Waals surface area (Å²) in [5, 5.41) is 0. The van der Waals surface area contributed by atoms with Crippen LogP contribution in [-0.2, 0) is 6.42 Å². The molecule has 9 rings (SSSR count). The minimum absolute atomic E-state index is 0.914. The van der Waals surface area contributed by atoms with Crippen molar-refractivity contribution in [2.24, 2.45) is 0 Å². The van der Waals surface area contributed by atoms with Gasteiger partial charge in [-0.1, -0.05) is 135 Å². The van der Waals surface area contributed by atoms with Gasteiger partial charge in [0.2, 0.25) is 0 Å². The van der Waals surface area contributed by atoms with Gasteiger partial charge in [-0.25, -0.2) is 9.97 Å². The van der Waals surface area contributed by atoms with Crippen molar-refractivity contribution < 1.29 is 0 Å². The smallest absolute Gasteiger partial charge is 0.0737 e. The number of aromatic amines is 2. The Morgan fingerprint density at radius 2 is 0.784 bits per heavy atom. The first kappa shape index (κ1) is 30.5. The summed E-state index contributed by atoms with van der Waals surface area (Å²) in [4.78, 5) is 18.7. The van der Waals surface area contributed by atoms with Crippen molar-refractivity contribution >= 4 is 46.4 Å². The molecule has 0 amide bonds. The summed E-state index contributed by atoms with van der Waals surface area (Å²) in [6.07, 6.45) is 10.6. The van der Waals surface area contributed by atoms with Crippen molar-refractivity contribution in [3.05, 3.63) is 168 Å². The molecule has 2 N–H and O–H groups in total. The molecule has 4 heteroatoms. The zero-order valence-corrected chi connectivity index (χ0v) is 28.4. The summed E-state index contributed by atoms with van der Waals surface area (Å²) in [6.45, 7) is 2.24. The Morgan fingerprint density at radius 1 is 0.412 bits per heavy atom. The number of hydrogen-bond donors (Lipinski definition) is 2. The molecule has 0 saturated heterocycles. The molecule has 2 aliphatic rings. The number of fused-ring (bicyclic) bond motifs is 8. The van der Waals surface area contributed by atoms with E-state index in [1.54, 1.807) is 0 Å². The van der Waals surface area contributed by atoms with Crippen LogP contribution in [0.15, 0.2) is 140 Å². The Bertz CT molecular complexity index is 2610. The third-order valence-corrected chi connectivity index (χ3v) is 9.72. The van der Waals surface area contributed by atoms with E-state index in [9.17, 15) is 0 Å². The molecule has 0 spiro atoms. The van der Waals surface area contributed by atoms with E-state index < -0.39 is 0 Å². The van der Waals surface area contributed by atoms with Gasteiger partial charge < -0.3 is 9.97 Å². The second-order valence-electron chi connectivity index (χ2n) is 13.0. The highest BCUT2D eigenvalue weighted by molar-refractivity contribution is 6.00. The van der Waals surface area contributed by atoms with Gasteiger partial charge in [0.1, 0.15) is 0 Å². The highest BCUT2D eigenvalue weighted by atomic mass is 14.8. The van der Waals surface area contributed by atoms with Gasteiger partial charge in [0.05, 0.1) is 28.3 Å². The number of aromatic nitrogens is 4. The quantitative estimate of drug-likeness (QED) is 0.187. The average Bonchev–Trinajstić information content (AvgIpc) is 4.01. The Morgan fingerprint density at radius 3 is 1.20 bits per heavy atom. The number of nitrogens with one attached hydrogen (secondary N) is 2. The summed E-state index contributed by atoms with van der Waals surface area (Å²) in [6, 6.07) is 49.1. The Hall–Kier alpha value is -6.52. The molecule has 4 aromatic carbocycles. The van der Waals surface area contributed by atoms with E-state index >= 15 is 0 Å². The van der Waals surface area contributed by atoms with Gasteiger partial charge in [0.15, 0.2) is 0 Å². The predicted molar refractivity (Wildman–Crippen MR) is 215 cm³/mol. The van der Waals surface area contributed by atoms with Crippen LogP contribution in [0.2, 0.25) is 0 Å². The lowest BCUT2D eigenvalue weighted by Gasteiger charge is -2.07. The molecule has 3 aromatic heterocycles. The molecule has 0 radical (unpaired) electrons. The van der Waals surface area contributed by atoms with E-state index in [-0.39, 0.29) is 0 Å². The van der Waals surface area contributed by atoms with Crippen LogP contribution >= 0.6 is 0 Å². The van der Waals surface area contributed by atoms with Crippen LogP contribution in [0.1, 0.15) is 41.7 Å². The van der Waals surface area contributed by atoms with E-state index in [2.05, 4.69) is 181 Å². The number of nitrogens with zero attached hydrogens (tertiary/aromatic N) is 2. The monoisotopic (exact) mass is 656 g/mol. The van der Waals surface area contributed by atoms with Crippen molar-refractivity contribution in [3.8, 4) is 44.5 Å². The lowest BCUT2D eigenvalue weighted by molar-refractivity contribution is 0.931. The Balaban J connectivity index is 1.51. The number of rotatable bonds is 6. The van der Waals surface area contributed by atoms with Crippen molar-refractivity contribution in [1.29, 1.82) is 0 Å². The molecule has 7 aromatic rings. The van der Waals surface area contributed by atoms with Crippen LogP contribution in [0.25, 0.3) is 90.9 Å². The maximum atomic E-state index is 5.45. The molecular weight excluding hydrogens is 621 g/mol. The van der Waals surface area contributed by atoms with E-state index in [1.165, 1.54) is 5.56 Å². The van der Waals surface area contributed by atoms with Gasteiger partial charge in [0, 0.05) is 38.8 Å². The zero-order chi connectivity index (χ0) is 34.1. The molecule has 2 aliphatic heterocycles. The molecule has 8 bridgehead atoms. The van der Waals surface area contributed by atoms with Crippen molar-refractivity contribution in [2.75, 3.05) is 0 Å². The highest BCUT2D eigenvalue weighted by Crippen LogP contribution is 2.39.